The SMILES string of the molecule is Cc1cc(C)cc(-c2cc(Oc3ccc4c5ccccc5n(-c5cc(C(C)(C)C)ccn5)c4c3)cc(N3CN(c4c(C(C)C)cc(-c5c(F)cc(F)cc5F)cc4C(C)C)c4ccccc43)c2)c1. The number of rotatable bonds is 9. The van der Waals surface area contributed by atoms with E-state index >= 15 is 8.78 Å². The predicted octanol–water partition coefficient (Wildman–Crippen LogP) is 17.1. The van der Waals surface area contributed by atoms with Gasteiger partial charge in [-0.15, -0.1) is 0 Å². The van der Waals surface area contributed by atoms with Gasteiger partial charge in [0.1, 0.15) is 41.4 Å². The molecule has 10 rings (SSSR count). The Hall–Kier alpha value is -7.32. The smallest absolute Gasteiger partial charge is 0.137 e. The van der Waals surface area contributed by atoms with Crippen molar-refractivity contribution < 1.29 is 17.9 Å². The molecule has 0 atom stereocenters. The monoisotopic (exact) mass is 904 g/mol. The highest BCUT2D eigenvalue weighted by Crippen LogP contribution is 2.51. The van der Waals surface area contributed by atoms with Crippen LogP contribution in [0, 0.1) is 31.3 Å². The van der Waals surface area contributed by atoms with Crippen molar-refractivity contribution in [2.24, 2.45) is 0 Å². The lowest BCUT2D eigenvalue weighted by atomic mass is 9.87. The average molecular weight is 905 g/mol. The van der Waals surface area contributed by atoms with Crippen LogP contribution in [0.25, 0.3) is 49.9 Å². The van der Waals surface area contributed by atoms with Crippen LogP contribution in [0.3, 0.4) is 0 Å². The van der Waals surface area contributed by atoms with Gasteiger partial charge in [0.2, 0.25) is 0 Å². The molecule has 0 radical (unpaired) electrons. The largest absolute Gasteiger partial charge is 0.457 e. The molecule has 2 aromatic heterocycles. The number of pyridine rings is 1. The van der Waals surface area contributed by atoms with Gasteiger partial charge in [0.05, 0.1) is 28.0 Å². The predicted molar refractivity (Wildman–Crippen MR) is 274 cm³/mol. The quantitative estimate of drug-likeness (QED) is 0.144. The van der Waals surface area contributed by atoms with E-state index in [1.807, 2.05) is 30.5 Å². The van der Waals surface area contributed by atoms with Crippen LogP contribution in [0.2, 0.25) is 0 Å². The van der Waals surface area contributed by atoms with Crippen LogP contribution in [0.4, 0.5) is 35.9 Å². The summed E-state index contributed by atoms with van der Waals surface area (Å²) >= 11 is 0. The Morgan fingerprint density at radius 2 is 1.19 bits per heavy atom. The summed E-state index contributed by atoms with van der Waals surface area (Å²) in [6, 6.07) is 45.7. The fraction of sp³-hybridized carbons (Fsp3) is 0.217. The normalized spacial score (nSPS) is 12.9. The van der Waals surface area contributed by atoms with Crippen molar-refractivity contribution >= 4 is 44.6 Å². The molecule has 68 heavy (non-hydrogen) atoms. The minimum atomic E-state index is -0.947. The Balaban J connectivity index is 1.11. The van der Waals surface area contributed by atoms with E-state index in [1.54, 1.807) is 0 Å². The number of hydrogen-bond donors (Lipinski definition) is 0. The summed E-state index contributed by atoms with van der Waals surface area (Å²) in [6.07, 6.45) is 1.90. The average Bonchev–Trinajstić information content (AvgIpc) is 3.83. The molecule has 1 aliphatic heterocycles. The lowest BCUT2D eigenvalue weighted by molar-refractivity contribution is 0.483. The molecule has 8 heteroatoms. The summed E-state index contributed by atoms with van der Waals surface area (Å²) in [7, 11) is 0. The van der Waals surface area contributed by atoms with Crippen LogP contribution in [0.5, 0.6) is 11.5 Å². The molecule has 0 aliphatic carbocycles. The van der Waals surface area contributed by atoms with Crippen molar-refractivity contribution in [1.29, 1.82) is 0 Å². The zero-order chi connectivity index (χ0) is 47.8. The Morgan fingerprint density at radius 1 is 0.574 bits per heavy atom. The second-order valence-corrected chi connectivity index (χ2v) is 19.9. The second kappa shape index (κ2) is 17.1. The third-order valence-corrected chi connectivity index (χ3v) is 13.2. The van der Waals surface area contributed by atoms with E-state index in [0.29, 0.717) is 23.7 Å². The van der Waals surface area contributed by atoms with Crippen LogP contribution in [0.1, 0.15) is 88.1 Å². The van der Waals surface area contributed by atoms with Crippen LogP contribution in [0.15, 0.2) is 146 Å². The van der Waals surface area contributed by atoms with Crippen LogP contribution >= 0.6 is 0 Å². The molecule has 3 heterocycles. The van der Waals surface area contributed by atoms with Crippen LogP contribution in [-0.2, 0) is 5.41 Å². The first-order valence-corrected chi connectivity index (χ1v) is 23.4. The molecule has 0 amide bonds. The molecule has 0 spiro atoms. The number of aromatic nitrogens is 2. The summed E-state index contributed by atoms with van der Waals surface area (Å²) in [6.45, 7) is 19.7. The fourth-order valence-corrected chi connectivity index (χ4v) is 9.97. The Morgan fingerprint density at radius 3 is 1.85 bits per heavy atom. The fourth-order valence-electron chi connectivity index (χ4n) is 9.97. The minimum Gasteiger partial charge on any atom is -0.457 e. The highest BCUT2D eigenvalue weighted by Gasteiger charge is 2.33. The summed E-state index contributed by atoms with van der Waals surface area (Å²) in [5.74, 6) is -0.609. The molecule has 0 saturated heterocycles. The number of para-hydroxylation sites is 3. The topological polar surface area (TPSA) is 33.5 Å². The number of fused-ring (bicyclic) bond motifs is 4. The molecule has 0 unspecified atom stereocenters. The molecular formula is C60H55F3N4O. The maximum atomic E-state index is 15.4. The maximum absolute atomic E-state index is 15.4. The molecule has 0 N–H and O–H groups in total. The van der Waals surface area contributed by atoms with Gasteiger partial charge in [-0.25, -0.2) is 18.2 Å². The number of halogens is 3. The van der Waals surface area contributed by atoms with Crippen LogP contribution < -0.4 is 14.5 Å². The number of nitrogens with zero attached hydrogens (tertiary/aromatic N) is 4. The molecule has 9 aromatic rings. The standard InChI is InChI=1S/C60H55F3N4O/c1-35(2)49-27-41(58-51(62)30-43(61)31-52(58)63)28-50(36(3)4)59(49)66-34-65(54-16-12-13-17-55(54)66)44-25-40(39-23-37(5)22-38(6)24-39)26-46(32-44)68-45-18-19-48-47-14-10-11-15-53(47)67(56(48)33-45)57-29-42(20-21-64-57)60(7,8)9/h10-33,35-36H,34H2,1-9H3. The second-order valence-electron chi connectivity index (χ2n) is 19.9. The van der Waals surface area contributed by atoms with Crippen molar-refractivity contribution in [3.8, 4) is 39.6 Å². The maximum Gasteiger partial charge on any atom is 0.137 e. The Kier molecular flexibility index (Phi) is 11.2. The highest BCUT2D eigenvalue weighted by atomic mass is 19.1. The van der Waals surface area contributed by atoms with Gasteiger partial charge in [-0.1, -0.05) is 108 Å². The summed E-state index contributed by atoms with van der Waals surface area (Å²) in [5.41, 5.74) is 13.6. The molecule has 0 bridgehead atoms. The first-order chi connectivity index (χ1) is 32.5. The van der Waals surface area contributed by atoms with E-state index < -0.39 is 17.5 Å². The third-order valence-electron chi connectivity index (χ3n) is 13.2. The molecule has 0 fully saturated rings. The number of ether oxygens (including phenoxy) is 1. The van der Waals surface area contributed by atoms with Crippen molar-refractivity contribution in [1.82, 2.24) is 9.55 Å². The van der Waals surface area contributed by atoms with Crippen molar-refractivity contribution in [2.75, 3.05) is 16.5 Å². The van der Waals surface area contributed by atoms with E-state index in [9.17, 15) is 4.39 Å². The van der Waals surface area contributed by atoms with Crippen molar-refractivity contribution in [2.45, 2.75) is 79.6 Å². The summed E-state index contributed by atoms with van der Waals surface area (Å²) < 4.78 is 54.2. The van der Waals surface area contributed by atoms with Crippen molar-refractivity contribution in [3.63, 3.8) is 0 Å². The van der Waals surface area contributed by atoms with Gasteiger partial charge in [-0.05, 0) is 131 Å². The van der Waals surface area contributed by atoms with Crippen LogP contribution in [-0.4, -0.2) is 16.2 Å². The van der Waals surface area contributed by atoms with Gasteiger partial charge in [0.15, 0.2) is 0 Å². The summed E-state index contributed by atoms with van der Waals surface area (Å²) in [4.78, 5) is 9.53. The van der Waals surface area contributed by atoms with Crippen molar-refractivity contribution in [3.05, 3.63) is 191 Å². The Bertz CT molecular complexity index is 3360. The van der Waals surface area contributed by atoms with Gasteiger partial charge < -0.3 is 14.5 Å². The Labute approximate surface area is 397 Å². The molecule has 0 saturated carbocycles. The van der Waals surface area contributed by atoms with E-state index in [4.69, 9.17) is 9.72 Å². The van der Waals surface area contributed by atoms with E-state index in [2.05, 4.69) is 180 Å². The first-order valence-electron chi connectivity index (χ1n) is 23.4. The van der Waals surface area contributed by atoms with Gasteiger partial charge in [-0.2, -0.15) is 0 Å². The molecular weight excluding hydrogens is 850 g/mol. The third kappa shape index (κ3) is 8.06. The van der Waals surface area contributed by atoms with E-state index in [-0.39, 0.29) is 22.8 Å². The number of anilines is 4. The minimum absolute atomic E-state index is 0.0163. The molecule has 342 valence electrons. The van der Waals surface area contributed by atoms with Gasteiger partial charge in [-0.3, -0.25) is 4.57 Å². The number of benzene rings is 7. The number of hydrogen-bond acceptors (Lipinski definition) is 4. The zero-order valence-corrected chi connectivity index (χ0v) is 40.0. The van der Waals surface area contributed by atoms with E-state index in [1.165, 1.54) is 16.7 Å². The van der Waals surface area contributed by atoms with E-state index in [0.717, 1.165) is 84.8 Å². The zero-order valence-electron chi connectivity index (χ0n) is 40.0. The molecule has 1 aliphatic rings. The lowest BCUT2D eigenvalue weighted by Crippen LogP contribution is -2.26. The van der Waals surface area contributed by atoms with Gasteiger partial charge in [0.25, 0.3) is 0 Å². The lowest BCUT2D eigenvalue weighted by Gasteiger charge is -2.30. The summed E-state index contributed by atoms with van der Waals surface area (Å²) in [5, 5.41) is 2.25. The number of aryl methyl sites for hydroxylation is 2. The van der Waals surface area contributed by atoms with Gasteiger partial charge in [0, 0.05) is 52.6 Å². The molecule has 5 nitrogen and oxygen atoms in total. The highest BCUT2D eigenvalue weighted by molar-refractivity contribution is 6.09. The van der Waals surface area contributed by atoms with Gasteiger partial charge >= 0.3 is 0 Å². The first kappa shape index (κ1) is 44.5. The molecule has 7 aromatic carbocycles.